The van der Waals surface area contributed by atoms with Crippen molar-refractivity contribution < 1.29 is 23.9 Å². The Kier molecular flexibility index (Phi) is 6.44. The zero-order valence-electron chi connectivity index (χ0n) is 19.6. The molecular weight excluding hydrogens is 464 g/mol. The number of anilines is 1. The van der Waals surface area contributed by atoms with Crippen molar-refractivity contribution in [2.45, 2.75) is 18.9 Å². The Hall–Kier alpha value is -4.54. The van der Waals surface area contributed by atoms with E-state index in [1.54, 1.807) is 41.1 Å². The molecule has 2 aliphatic heterocycles. The van der Waals surface area contributed by atoms with Crippen molar-refractivity contribution in [3.8, 4) is 17.2 Å². The van der Waals surface area contributed by atoms with Crippen molar-refractivity contribution >= 4 is 23.5 Å². The Bertz CT molecular complexity index is 1280. The van der Waals surface area contributed by atoms with E-state index < -0.39 is 12.0 Å². The van der Waals surface area contributed by atoms with Crippen LogP contribution in [0.4, 0.5) is 5.82 Å². The first-order chi connectivity index (χ1) is 17.5. The maximum absolute atomic E-state index is 12.9. The van der Waals surface area contributed by atoms with Gasteiger partial charge in [-0.1, -0.05) is 0 Å². The maximum atomic E-state index is 12.9. The number of nitrogens with one attached hydrogen (secondary N) is 1. The number of hydrogen-bond acceptors (Lipinski definition) is 8. The molecule has 1 N–H and O–H groups in total. The third kappa shape index (κ3) is 5.09. The van der Waals surface area contributed by atoms with Gasteiger partial charge in [-0.3, -0.25) is 19.4 Å². The lowest BCUT2D eigenvalue weighted by Crippen LogP contribution is -2.42. The van der Waals surface area contributed by atoms with Crippen LogP contribution in [0, 0.1) is 0 Å². The fourth-order valence-corrected chi connectivity index (χ4v) is 3.83. The molecule has 3 amide bonds. The molecule has 0 radical (unpaired) electrons. The van der Waals surface area contributed by atoms with Crippen LogP contribution >= 0.6 is 0 Å². The van der Waals surface area contributed by atoms with Crippen LogP contribution in [0.1, 0.15) is 33.7 Å². The van der Waals surface area contributed by atoms with Crippen LogP contribution < -0.4 is 14.8 Å². The van der Waals surface area contributed by atoms with E-state index in [4.69, 9.17) is 9.47 Å². The summed E-state index contributed by atoms with van der Waals surface area (Å²) in [6, 6.07) is 7.93. The predicted molar refractivity (Wildman–Crippen MR) is 128 cm³/mol. The van der Waals surface area contributed by atoms with E-state index in [0.717, 1.165) is 19.5 Å². The number of rotatable bonds is 7. The van der Waals surface area contributed by atoms with Crippen molar-refractivity contribution in [3.63, 3.8) is 0 Å². The highest BCUT2D eigenvalue weighted by atomic mass is 16.5. The van der Waals surface area contributed by atoms with Gasteiger partial charge in [0.1, 0.15) is 22.9 Å². The minimum atomic E-state index is -0.644. The molecule has 1 atom stereocenters. The van der Waals surface area contributed by atoms with Gasteiger partial charge in [0, 0.05) is 57.1 Å². The standard InChI is InChI=1S/C25H24N6O5/c1-30-10-5-21(25(30)34)36-19-12-16(23(32)29-22-15-26-6-7-27-22)11-18(13-19)35-17-3-4-20(28-14-17)24(33)31-8-2-9-31/h3-4,6-7,11-15,21H,2,5,8-10H2,1H3,(H,27,29,32). The van der Waals surface area contributed by atoms with Gasteiger partial charge < -0.3 is 24.6 Å². The number of carbonyl (C=O) groups is 3. The average molecular weight is 489 g/mol. The summed E-state index contributed by atoms with van der Waals surface area (Å²) in [5.74, 6) is 0.590. The molecule has 0 saturated carbocycles. The van der Waals surface area contributed by atoms with Gasteiger partial charge in [-0.25, -0.2) is 9.97 Å². The second-order valence-electron chi connectivity index (χ2n) is 8.52. The van der Waals surface area contributed by atoms with E-state index in [2.05, 4.69) is 20.3 Å². The summed E-state index contributed by atoms with van der Waals surface area (Å²) in [4.78, 5) is 53.2. The van der Waals surface area contributed by atoms with E-state index >= 15 is 0 Å². The van der Waals surface area contributed by atoms with Gasteiger partial charge in [0.05, 0.1) is 12.4 Å². The number of aromatic nitrogens is 3. The minimum absolute atomic E-state index is 0.114. The molecule has 2 saturated heterocycles. The van der Waals surface area contributed by atoms with Gasteiger partial charge >= 0.3 is 0 Å². The number of amides is 3. The number of ether oxygens (including phenoxy) is 2. The Labute approximate surface area is 207 Å². The molecule has 3 aromatic rings. The van der Waals surface area contributed by atoms with Crippen molar-refractivity contribution in [1.29, 1.82) is 0 Å². The van der Waals surface area contributed by atoms with E-state index in [1.807, 2.05) is 0 Å². The number of nitrogens with zero attached hydrogens (tertiary/aromatic N) is 5. The van der Waals surface area contributed by atoms with Crippen LogP contribution in [0.15, 0.2) is 55.1 Å². The van der Waals surface area contributed by atoms with Crippen molar-refractivity contribution in [1.82, 2.24) is 24.8 Å². The molecule has 0 spiro atoms. The van der Waals surface area contributed by atoms with Gasteiger partial charge in [0.25, 0.3) is 17.7 Å². The van der Waals surface area contributed by atoms with Crippen LogP contribution in [-0.4, -0.2) is 75.3 Å². The third-order valence-corrected chi connectivity index (χ3v) is 5.94. The van der Waals surface area contributed by atoms with Crippen molar-refractivity contribution in [3.05, 3.63) is 66.4 Å². The van der Waals surface area contributed by atoms with E-state index in [-0.39, 0.29) is 23.2 Å². The highest BCUT2D eigenvalue weighted by Crippen LogP contribution is 2.30. The second-order valence-corrected chi connectivity index (χ2v) is 8.52. The number of pyridine rings is 1. The molecule has 2 aromatic heterocycles. The molecule has 184 valence electrons. The zero-order valence-corrected chi connectivity index (χ0v) is 19.6. The molecular formula is C25H24N6O5. The number of benzene rings is 1. The van der Waals surface area contributed by atoms with Crippen molar-refractivity contribution in [2.24, 2.45) is 0 Å². The third-order valence-electron chi connectivity index (χ3n) is 5.94. The Morgan fingerprint density at radius 1 is 1.00 bits per heavy atom. The monoisotopic (exact) mass is 488 g/mol. The lowest BCUT2D eigenvalue weighted by atomic mass is 10.1. The molecule has 0 aliphatic carbocycles. The fraction of sp³-hybridized carbons (Fsp3) is 0.280. The Morgan fingerprint density at radius 3 is 2.47 bits per heavy atom. The molecule has 4 heterocycles. The normalized spacial score (nSPS) is 16.9. The van der Waals surface area contributed by atoms with Crippen LogP contribution in [0.25, 0.3) is 0 Å². The number of carbonyl (C=O) groups excluding carboxylic acids is 3. The summed E-state index contributed by atoms with van der Waals surface area (Å²) in [5.41, 5.74) is 0.580. The van der Waals surface area contributed by atoms with Crippen LogP contribution in [0.5, 0.6) is 17.2 Å². The summed E-state index contributed by atoms with van der Waals surface area (Å²) >= 11 is 0. The van der Waals surface area contributed by atoms with E-state index in [1.165, 1.54) is 30.9 Å². The van der Waals surface area contributed by atoms with Gasteiger partial charge in [0.15, 0.2) is 11.9 Å². The van der Waals surface area contributed by atoms with Gasteiger partial charge in [-0.15, -0.1) is 0 Å². The van der Waals surface area contributed by atoms with Crippen LogP contribution in [-0.2, 0) is 4.79 Å². The summed E-state index contributed by atoms with van der Waals surface area (Å²) in [5, 5.41) is 2.67. The molecule has 2 fully saturated rings. The lowest BCUT2D eigenvalue weighted by Gasteiger charge is -2.30. The van der Waals surface area contributed by atoms with Gasteiger partial charge in [0.2, 0.25) is 0 Å². The molecule has 36 heavy (non-hydrogen) atoms. The molecule has 11 heteroatoms. The Balaban J connectivity index is 1.37. The second kappa shape index (κ2) is 9.98. The first-order valence-corrected chi connectivity index (χ1v) is 11.5. The molecule has 2 aliphatic rings. The summed E-state index contributed by atoms with van der Waals surface area (Å²) < 4.78 is 11.9. The maximum Gasteiger partial charge on any atom is 0.272 e. The van der Waals surface area contributed by atoms with Gasteiger partial charge in [-0.2, -0.15) is 0 Å². The highest BCUT2D eigenvalue weighted by Gasteiger charge is 2.31. The smallest absolute Gasteiger partial charge is 0.272 e. The minimum Gasteiger partial charge on any atom is -0.480 e. The molecule has 5 rings (SSSR count). The quantitative estimate of drug-likeness (QED) is 0.537. The predicted octanol–water partition coefficient (Wildman–Crippen LogP) is 2.37. The lowest BCUT2D eigenvalue weighted by molar-refractivity contribution is -0.132. The number of likely N-dealkylation sites (tertiary alicyclic amines) is 2. The van der Waals surface area contributed by atoms with Crippen molar-refractivity contribution in [2.75, 3.05) is 32.0 Å². The van der Waals surface area contributed by atoms with Gasteiger partial charge in [-0.05, 0) is 30.7 Å². The fourth-order valence-electron chi connectivity index (χ4n) is 3.83. The zero-order chi connectivity index (χ0) is 25.1. The molecule has 11 nitrogen and oxygen atoms in total. The van der Waals surface area contributed by atoms with Crippen LogP contribution in [0.3, 0.4) is 0 Å². The summed E-state index contributed by atoms with van der Waals surface area (Å²) in [7, 11) is 1.72. The highest BCUT2D eigenvalue weighted by molar-refractivity contribution is 6.04. The largest absolute Gasteiger partial charge is 0.480 e. The first kappa shape index (κ1) is 23.2. The SMILES string of the molecule is CN1CCC(Oc2cc(Oc3ccc(C(=O)N4CCC4)nc3)cc(C(=O)Nc3cnccn3)c2)C1=O. The first-order valence-electron chi connectivity index (χ1n) is 11.5. The summed E-state index contributed by atoms with van der Waals surface area (Å²) in [6.07, 6.45) is 6.75. The molecule has 1 aromatic carbocycles. The molecule has 0 bridgehead atoms. The average Bonchev–Trinajstić information content (AvgIpc) is 3.16. The van der Waals surface area contributed by atoms with Crippen LogP contribution in [0.2, 0.25) is 0 Å². The summed E-state index contributed by atoms with van der Waals surface area (Å²) in [6.45, 7) is 2.07. The topological polar surface area (TPSA) is 127 Å². The Morgan fingerprint density at radius 2 is 1.83 bits per heavy atom. The number of hydrogen-bond donors (Lipinski definition) is 1. The van der Waals surface area contributed by atoms with E-state index in [0.29, 0.717) is 35.9 Å². The van der Waals surface area contributed by atoms with E-state index in [9.17, 15) is 14.4 Å². The molecule has 1 unspecified atom stereocenters. The number of likely N-dealkylation sites (N-methyl/N-ethyl adjacent to an activating group) is 1.